The molecule has 130 valence electrons. The maximum atomic E-state index is 12.2. The van der Waals surface area contributed by atoms with Crippen molar-refractivity contribution >= 4 is 29.1 Å². The van der Waals surface area contributed by atoms with E-state index in [0.29, 0.717) is 22.0 Å². The van der Waals surface area contributed by atoms with Crippen molar-refractivity contribution < 1.29 is 14.3 Å². The summed E-state index contributed by atoms with van der Waals surface area (Å²) in [5.41, 5.74) is 0.979. The lowest BCUT2D eigenvalue weighted by Crippen LogP contribution is -2.27. The van der Waals surface area contributed by atoms with Crippen molar-refractivity contribution in [2.24, 2.45) is 0 Å². The molecule has 5 nitrogen and oxygen atoms in total. The number of carbonyl (C=O) groups is 2. The number of para-hydroxylation sites is 1. The molecule has 0 aromatic heterocycles. The van der Waals surface area contributed by atoms with Gasteiger partial charge in [0.2, 0.25) is 5.91 Å². The minimum Gasteiger partial charge on any atom is -0.493 e. The van der Waals surface area contributed by atoms with E-state index in [0.717, 1.165) is 12.8 Å². The monoisotopic (exact) mass is 358 g/mol. The predicted octanol–water partition coefficient (Wildman–Crippen LogP) is 3.64. The third-order valence-corrected chi connectivity index (χ3v) is 3.99. The Kier molecular flexibility index (Phi) is 5.56. The summed E-state index contributed by atoms with van der Waals surface area (Å²) in [5.74, 6) is 0.242. The summed E-state index contributed by atoms with van der Waals surface area (Å²) >= 11 is 5.88. The van der Waals surface area contributed by atoms with Gasteiger partial charge in [-0.3, -0.25) is 9.59 Å². The van der Waals surface area contributed by atoms with Gasteiger partial charge in [0.05, 0.1) is 24.3 Å². The minimum atomic E-state index is -0.214. The van der Waals surface area contributed by atoms with E-state index in [9.17, 15) is 9.59 Å². The molecule has 3 rings (SSSR count). The fraction of sp³-hybridized carbons (Fsp3) is 0.263. The van der Waals surface area contributed by atoms with Crippen LogP contribution in [0.4, 0.5) is 5.69 Å². The Morgan fingerprint density at radius 3 is 2.68 bits per heavy atom. The Morgan fingerprint density at radius 2 is 1.92 bits per heavy atom. The highest BCUT2D eigenvalue weighted by molar-refractivity contribution is 6.30. The zero-order valence-electron chi connectivity index (χ0n) is 13.6. The first-order chi connectivity index (χ1) is 12.1. The Bertz CT molecular complexity index is 775. The highest BCUT2D eigenvalue weighted by atomic mass is 35.5. The maximum Gasteiger partial charge on any atom is 0.253 e. The molecule has 0 atom stereocenters. The fourth-order valence-corrected chi connectivity index (χ4v) is 2.49. The average molecular weight is 359 g/mol. The Morgan fingerprint density at radius 1 is 1.12 bits per heavy atom. The number of amides is 2. The summed E-state index contributed by atoms with van der Waals surface area (Å²) < 4.78 is 5.51. The summed E-state index contributed by atoms with van der Waals surface area (Å²) in [6.45, 7) is 0.225. The molecule has 0 heterocycles. The second kappa shape index (κ2) is 8.03. The molecular weight excluding hydrogens is 340 g/mol. The summed E-state index contributed by atoms with van der Waals surface area (Å²) in [6.07, 6.45) is 2.20. The third-order valence-electron chi connectivity index (χ3n) is 3.75. The number of hydrogen-bond donors (Lipinski definition) is 2. The molecule has 0 spiro atoms. The van der Waals surface area contributed by atoms with Crippen LogP contribution in [-0.2, 0) is 4.79 Å². The van der Waals surface area contributed by atoms with E-state index in [1.54, 1.807) is 48.5 Å². The van der Waals surface area contributed by atoms with Crippen LogP contribution < -0.4 is 15.4 Å². The molecule has 0 unspecified atom stereocenters. The number of halogens is 1. The maximum absolute atomic E-state index is 12.2. The zero-order chi connectivity index (χ0) is 17.6. The van der Waals surface area contributed by atoms with Crippen molar-refractivity contribution in [3.8, 4) is 5.75 Å². The summed E-state index contributed by atoms with van der Waals surface area (Å²) in [7, 11) is 0. The number of nitrogens with one attached hydrogen (secondary N) is 2. The summed E-state index contributed by atoms with van der Waals surface area (Å²) in [5, 5.41) is 6.28. The van der Waals surface area contributed by atoms with Gasteiger partial charge < -0.3 is 15.4 Å². The Labute approximate surface area is 151 Å². The van der Waals surface area contributed by atoms with Crippen molar-refractivity contribution in [3.05, 3.63) is 59.1 Å². The largest absolute Gasteiger partial charge is 0.493 e. The number of carbonyl (C=O) groups excluding carboxylic acids is 2. The minimum absolute atomic E-state index is 0.159. The van der Waals surface area contributed by atoms with Gasteiger partial charge in [0.1, 0.15) is 5.75 Å². The Hall–Kier alpha value is -2.53. The first-order valence-corrected chi connectivity index (χ1v) is 8.58. The first-order valence-electron chi connectivity index (χ1n) is 8.20. The van der Waals surface area contributed by atoms with Crippen LogP contribution in [0.3, 0.4) is 0 Å². The molecule has 6 heteroatoms. The SMILES string of the molecule is O=C(CCOc1cccc(Cl)c1)Nc1ccccc1C(=O)NC1CC1. The van der Waals surface area contributed by atoms with Crippen molar-refractivity contribution in [3.63, 3.8) is 0 Å². The number of ether oxygens (including phenoxy) is 1. The zero-order valence-corrected chi connectivity index (χ0v) is 14.4. The molecular formula is C19H19ClN2O3. The highest BCUT2D eigenvalue weighted by Crippen LogP contribution is 2.22. The lowest BCUT2D eigenvalue weighted by molar-refractivity contribution is -0.116. The number of benzene rings is 2. The molecule has 0 radical (unpaired) electrons. The number of rotatable bonds is 7. The van der Waals surface area contributed by atoms with Crippen molar-refractivity contribution in [1.82, 2.24) is 5.32 Å². The topological polar surface area (TPSA) is 67.4 Å². The van der Waals surface area contributed by atoms with Crippen molar-refractivity contribution in [1.29, 1.82) is 0 Å². The van der Waals surface area contributed by atoms with Crippen LogP contribution in [0.5, 0.6) is 5.75 Å². The van der Waals surface area contributed by atoms with Gasteiger partial charge in [-0.2, -0.15) is 0 Å². The van der Waals surface area contributed by atoms with Gasteiger partial charge in [0, 0.05) is 11.1 Å². The molecule has 2 aromatic carbocycles. The van der Waals surface area contributed by atoms with E-state index in [-0.39, 0.29) is 30.9 Å². The second-order valence-corrected chi connectivity index (χ2v) is 6.33. The van der Waals surface area contributed by atoms with E-state index >= 15 is 0 Å². The van der Waals surface area contributed by atoms with Gasteiger partial charge in [-0.05, 0) is 43.2 Å². The van der Waals surface area contributed by atoms with E-state index in [4.69, 9.17) is 16.3 Å². The molecule has 1 aliphatic rings. The highest BCUT2D eigenvalue weighted by Gasteiger charge is 2.24. The third kappa shape index (κ3) is 5.22. The van der Waals surface area contributed by atoms with E-state index < -0.39 is 0 Å². The lowest BCUT2D eigenvalue weighted by atomic mass is 10.1. The van der Waals surface area contributed by atoms with Crippen LogP contribution in [0, 0.1) is 0 Å². The molecule has 1 aliphatic carbocycles. The van der Waals surface area contributed by atoms with Gasteiger partial charge in [-0.1, -0.05) is 29.8 Å². The fourth-order valence-electron chi connectivity index (χ4n) is 2.31. The molecule has 2 aromatic rings. The molecule has 1 fully saturated rings. The number of anilines is 1. The molecule has 2 amide bonds. The molecule has 25 heavy (non-hydrogen) atoms. The van der Waals surface area contributed by atoms with Crippen LogP contribution in [0.25, 0.3) is 0 Å². The normalized spacial score (nSPS) is 13.2. The van der Waals surface area contributed by atoms with Crippen LogP contribution in [-0.4, -0.2) is 24.5 Å². The van der Waals surface area contributed by atoms with Gasteiger partial charge >= 0.3 is 0 Å². The smallest absolute Gasteiger partial charge is 0.253 e. The standard InChI is InChI=1S/C19H19ClN2O3/c20-13-4-3-5-15(12-13)25-11-10-18(23)22-17-7-2-1-6-16(17)19(24)21-14-8-9-14/h1-7,12,14H,8-11H2,(H,21,24)(H,22,23). The van der Waals surface area contributed by atoms with Crippen LogP contribution in [0.15, 0.2) is 48.5 Å². The van der Waals surface area contributed by atoms with Gasteiger partial charge in [-0.15, -0.1) is 0 Å². The van der Waals surface area contributed by atoms with Crippen LogP contribution >= 0.6 is 11.6 Å². The number of hydrogen-bond acceptors (Lipinski definition) is 3. The van der Waals surface area contributed by atoms with E-state index in [2.05, 4.69) is 10.6 Å². The average Bonchev–Trinajstić information content (AvgIpc) is 3.39. The Balaban J connectivity index is 1.53. The second-order valence-electron chi connectivity index (χ2n) is 5.90. The molecule has 1 saturated carbocycles. The molecule has 0 aliphatic heterocycles. The van der Waals surface area contributed by atoms with Crippen molar-refractivity contribution in [2.75, 3.05) is 11.9 Å². The van der Waals surface area contributed by atoms with E-state index in [1.807, 2.05) is 0 Å². The quantitative estimate of drug-likeness (QED) is 0.794. The van der Waals surface area contributed by atoms with Gasteiger partial charge in [0.25, 0.3) is 5.91 Å². The van der Waals surface area contributed by atoms with E-state index in [1.165, 1.54) is 0 Å². The van der Waals surface area contributed by atoms with Crippen LogP contribution in [0.1, 0.15) is 29.6 Å². The molecule has 0 saturated heterocycles. The first kappa shape index (κ1) is 17.3. The molecule has 2 N–H and O–H groups in total. The van der Waals surface area contributed by atoms with Gasteiger partial charge in [0.15, 0.2) is 0 Å². The lowest BCUT2D eigenvalue weighted by Gasteiger charge is -2.11. The van der Waals surface area contributed by atoms with Crippen molar-refractivity contribution in [2.45, 2.75) is 25.3 Å². The summed E-state index contributed by atoms with van der Waals surface area (Å²) in [4.78, 5) is 24.4. The van der Waals surface area contributed by atoms with Crippen LogP contribution in [0.2, 0.25) is 5.02 Å². The predicted molar refractivity (Wildman–Crippen MR) is 97.1 cm³/mol. The molecule has 0 bridgehead atoms. The van der Waals surface area contributed by atoms with Gasteiger partial charge in [-0.25, -0.2) is 0 Å². The summed E-state index contributed by atoms with van der Waals surface area (Å²) in [6, 6.07) is 14.3.